The summed E-state index contributed by atoms with van der Waals surface area (Å²) < 4.78 is 6.24. The zero-order valence-electron chi connectivity index (χ0n) is 19.5. The van der Waals surface area contributed by atoms with Gasteiger partial charge < -0.3 is 15.0 Å². The zero-order chi connectivity index (χ0) is 23.6. The first-order valence-electron chi connectivity index (χ1n) is 11.3. The van der Waals surface area contributed by atoms with Crippen LogP contribution in [0.1, 0.15) is 39.0 Å². The minimum absolute atomic E-state index is 0.0428. The summed E-state index contributed by atoms with van der Waals surface area (Å²) in [7, 11) is 0. The van der Waals surface area contributed by atoms with Gasteiger partial charge in [0.1, 0.15) is 6.04 Å². The fourth-order valence-corrected chi connectivity index (χ4v) is 5.26. The van der Waals surface area contributed by atoms with E-state index in [9.17, 15) is 4.79 Å². The Balaban J connectivity index is 1.57. The molecule has 33 heavy (non-hydrogen) atoms. The van der Waals surface area contributed by atoms with Crippen LogP contribution in [-0.2, 0) is 16.0 Å². The highest BCUT2D eigenvalue weighted by molar-refractivity contribution is 7.16. The smallest absolute Gasteiger partial charge is 0.248 e. The van der Waals surface area contributed by atoms with Crippen molar-refractivity contribution < 1.29 is 9.53 Å². The van der Waals surface area contributed by atoms with Crippen molar-refractivity contribution in [3.05, 3.63) is 64.5 Å². The molecule has 1 N–H and O–H groups in total. The normalized spacial score (nSPS) is 18.5. The van der Waals surface area contributed by atoms with Gasteiger partial charge in [0.2, 0.25) is 5.91 Å². The van der Waals surface area contributed by atoms with Gasteiger partial charge in [-0.1, -0.05) is 48.9 Å². The van der Waals surface area contributed by atoms with Gasteiger partial charge >= 0.3 is 0 Å². The SMILES string of the molecule is CCc1sc(NC(=O)[C@@H]2C[C@@H](OC(C)(C)C)CN2c2ccc(Cl)cc2)nc1-c1ccccc1. The molecule has 1 aliphatic rings. The number of benzene rings is 2. The molecule has 0 aliphatic carbocycles. The molecule has 2 heterocycles. The summed E-state index contributed by atoms with van der Waals surface area (Å²) in [5.74, 6) is -0.0685. The van der Waals surface area contributed by atoms with Gasteiger partial charge in [-0.05, 0) is 51.5 Å². The lowest BCUT2D eigenvalue weighted by atomic mass is 10.1. The molecule has 5 nitrogen and oxygen atoms in total. The molecular weight excluding hydrogens is 454 g/mol. The fraction of sp³-hybridized carbons (Fsp3) is 0.385. The summed E-state index contributed by atoms with van der Waals surface area (Å²) in [6.45, 7) is 8.88. The predicted molar refractivity (Wildman–Crippen MR) is 137 cm³/mol. The molecular formula is C26H30ClN3O2S. The molecule has 2 atom stereocenters. The van der Waals surface area contributed by atoms with E-state index in [1.54, 1.807) is 11.3 Å². The minimum atomic E-state index is -0.354. The first kappa shape index (κ1) is 23.7. The Morgan fingerprint density at radius 1 is 1.18 bits per heavy atom. The van der Waals surface area contributed by atoms with E-state index in [0.29, 0.717) is 23.1 Å². The standard InChI is InChI=1S/C26H30ClN3O2S/c1-5-22-23(17-9-7-6-8-10-17)28-25(33-22)29-24(31)21-15-20(32-26(2,3)4)16-30(21)19-13-11-18(27)12-14-19/h6-14,20-21H,5,15-16H2,1-4H3,(H,28,29,31)/t20-,21+/m1/s1. The largest absolute Gasteiger partial charge is 0.371 e. The van der Waals surface area contributed by atoms with Gasteiger partial charge in [0.05, 0.1) is 17.4 Å². The molecule has 4 rings (SSSR count). The summed E-state index contributed by atoms with van der Waals surface area (Å²) in [6, 6.07) is 17.4. The monoisotopic (exact) mass is 483 g/mol. The van der Waals surface area contributed by atoms with Crippen molar-refractivity contribution >= 4 is 39.7 Å². The molecule has 1 saturated heterocycles. The number of nitrogens with zero attached hydrogens (tertiary/aromatic N) is 2. The van der Waals surface area contributed by atoms with Crippen LogP contribution in [-0.4, -0.2) is 35.2 Å². The molecule has 0 bridgehead atoms. The Morgan fingerprint density at radius 3 is 2.52 bits per heavy atom. The highest BCUT2D eigenvalue weighted by Crippen LogP contribution is 2.34. The second kappa shape index (κ2) is 9.84. The maximum atomic E-state index is 13.5. The van der Waals surface area contributed by atoms with E-state index < -0.39 is 0 Å². The topological polar surface area (TPSA) is 54.5 Å². The quantitative estimate of drug-likeness (QED) is 0.439. The molecule has 1 aromatic heterocycles. The van der Waals surface area contributed by atoms with Crippen molar-refractivity contribution in [3.63, 3.8) is 0 Å². The summed E-state index contributed by atoms with van der Waals surface area (Å²) in [5, 5.41) is 4.39. The number of carbonyl (C=O) groups is 1. The third-order valence-electron chi connectivity index (χ3n) is 5.54. The van der Waals surface area contributed by atoms with Gasteiger partial charge in [-0.25, -0.2) is 4.98 Å². The lowest BCUT2D eigenvalue weighted by molar-refractivity contribution is -0.118. The van der Waals surface area contributed by atoms with Crippen LogP contribution in [0.4, 0.5) is 10.8 Å². The van der Waals surface area contributed by atoms with Crippen LogP contribution in [0.5, 0.6) is 0 Å². The number of thiazole rings is 1. The number of aromatic nitrogens is 1. The number of rotatable bonds is 6. The van der Waals surface area contributed by atoms with E-state index in [1.165, 1.54) is 0 Å². The van der Waals surface area contributed by atoms with E-state index in [4.69, 9.17) is 21.3 Å². The third-order valence-corrected chi connectivity index (χ3v) is 6.91. The van der Waals surface area contributed by atoms with Crippen molar-refractivity contribution in [2.75, 3.05) is 16.8 Å². The maximum Gasteiger partial charge on any atom is 0.248 e. The number of anilines is 2. The molecule has 2 aromatic carbocycles. The lowest BCUT2D eigenvalue weighted by Gasteiger charge is -2.26. The van der Waals surface area contributed by atoms with Crippen LogP contribution in [0.15, 0.2) is 54.6 Å². The van der Waals surface area contributed by atoms with E-state index in [1.807, 2.05) is 75.4 Å². The first-order valence-corrected chi connectivity index (χ1v) is 12.5. The van der Waals surface area contributed by atoms with Crippen LogP contribution in [0.25, 0.3) is 11.3 Å². The summed E-state index contributed by atoms with van der Waals surface area (Å²) in [6.07, 6.45) is 1.43. The number of ether oxygens (including phenoxy) is 1. The number of nitrogens with one attached hydrogen (secondary N) is 1. The third kappa shape index (κ3) is 5.75. The van der Waals surface area contributed by atoms with Crippen molar-refractivity contribution in [3.8, 4) is 11.3 Å². The highest BCUT2D eigenvalue weighted by atomic mass is 35.5. The van der Waals surface area contributed by atoms with Crippen LogP contribution >= 0.6 is 22.9 Å². The summed E-state index contributed by atoms with van der Waals surface area (Å²) in [5.41, 5.74) is 2.68. The van der Waals surface area contributed by atoms with Gasteiger partial charge in [0.15, 0.2) is 5.13 Å². The Morgan fingerprint density at radius 2 is 1.88 bits per heavy atom. The maximum absolute atomic E-state index is 13.5. The Kier molecular flexibility index (Phi) is 7.07. The van der Waals surface area contributed by atoms with E-state index in [0.717, 1.165) is 28.2 Å². The first-order chi connectivity index (χ1) is 15.7. The van der Waals surface area contributed by atoms with Crippen molar-refractivity contribution in [2.45, 2.75) is 58.3 Å². The number of halogens is 1. The van der Waals surface area contributed by atoms with Crippen LogP contribution in [0.2, 0.25) is 5.02 Å². The van der Waals surface area contributed by atoms with Crippen molar-refractivity contribution in [1.29, 1.82) is 0 Å². The number of aryl methyl sites for hydroxylation is 1. The molecule has 7 heteroatoms. The fourth-order valence-electron chi connectivity index (χ4n) is 4.20. The molecule has 3 aromatic rings. The number of hydrogen-bond donors (Lipinski definition) is 1. The van der Waals surface area contributed by atoms with Crippen molar-refractivity contribution in [2.24, 2.45) is 0 Å². The molecule has 0 unspecified atom stereocenters. The van der Waals surface area contributed by atoms with Gasteiger partial charge in [0, 0.05) is 34.1 Å². The number of carbonyl (C=O) groups excluding carboxylic acids is 1. The van der Waals surface area contributed by atoms with Crippen LogP contribution in [0, 0.1) is 0 Å². The van der Waals surface area contributed by atoms with E-state index in [-0.39, 0.29) is 23.7 Å². The molecule has 1 aliphatic heterocycles. The van der Waals surface area contributed by atoms with Gasteiger partial charge in [-0.15, -0.1) is 11.3 Å². The molecule has 174 valence electrons. The average molecular weight is 484 g/mol. The summed E-state index contributed by atoms with van der Waals surface area (Å²) in [4.78, 5) is 21.5. The lowest BCUT2D eigenvalue weighted by Crippen LogP contribution is -2.39. The summed E-state index contributed by atoms with van der Waals surface area (Å²) >= 11 is 7.63. The van der Waals surface area contributed by atoms with E-state index in [2.05, 4.69) is 17.1 Å². The Hall–Kier alpha value is -2.41. The van der Waals surface area contributed by atoms with Crippen molar-refractivity contribution in [1.82, 2.24) is 4.98 Å². The number of hydrogen-bond acceptors (Lipinski definition) is 5. The molecule has 1 amide bonds. The Labute approximate surface area is 204 Å². The molecule has 0 spiro atoms. The van der Waals surface area contributed by atoms with Crippen LogP contribution < -0.4 is 10.2 Å². The minimum Gasteiger partial charge on any atom is -0.371 e. The van der Waals surface area contributed by atoms with Crippen LogP contribution in [0.3, 0.4) is 0 Å². The van der Waals surface area contributed by atoms with Gasteiger partial charge in [0.25, 0.3) is 0 Å². The number of amides is 1. The van der Waals surface area contributed by atoms with Gasteiger partial charge in [-0.3, -0.25) is 4.79 Å². The zero-order valence-corrected chi connectivity index (χ0v) is 21.0. The van der Waals surface area contributed by atoms with E-state index >= 15 is 0 Å². The Bertz CT molecular complexity index is 1090. The average Bonchev–Trinajstić information content (AvgIpc) is 3.38. The molecule has 1 fully saturated rings. The molecule has 0 saturated carbocycles. The second-order valence-corrected chi connectivity index (χ2v) is 10.8. The molecule has 0 radical (unpaired) electrons. The van der Waals surface area contributed by atoms with Gasteiger partial charge in [-0.2, -0.15) is 0 Å². The highest BCUT2D eigenvalue weighted by Gasteiger charge is 2.39. The second-order valence-electron chi connectivity index (χ2n) is 9.23. The predicted octanol–water partition coefficient (Wildman–Crippen LogP) is 6.43.